The summed E-state index contributed by atoms with van der Waals surface area (Å²) in [6, 6.07) is 24.5. The quantitative estimate of drug-likeness (QED) is 0.131. The van der Waals surface area contributed by atoms with E-state index < -0.39 is 12.1 Å². The number of thiazole rings is 1. The Balaban J connectivity index is 1.45. The number of carbonyl (C=O) groups is 2. The van der Waals surface area contributed by atoms with E-state index in [1.54, 1.807) is 24.2 Å². The van der Waals surface area contributed by atoms with Gasteiger partial charge in [0, 0.05) is 68.8 Å². The second-order valence-corrected chi connectivity index (χ2v) is 14.6. The molecule has 0 aliphatic carbocycles. The normalized spacial score (nSPS) is 12.3. The molecule has 3 aromatic carbocycles. The van der Waals surface area contributed by atoms with Gasteiger partial charge in [0.15, 0.2) is 0 Å². The molecule has 0 unspecified atom stereocenters. The van der Waals surface area contributed by atoms with Crippen LogP contribution in [0.1, 0.15) is 62.3 Å². The van der Waals surface area contributed by atoms with Gasteiger partial charge in [-0.15, -0.1) is 11.3 Å². The Hall–Kier alpha value is -5.06. The van der Waals surface area contributed by atoms with E-state index in [0.29, 0.717) is 30.0 Å². The molecule has 9 nitrogen and oxygen atoms in total. The van der Waals surface area contributed by atoms with E-state index in [1.165, 1.54) is 11.3 Å². The van der Waals surface area contributed by atoms with E-state index in [1.807, 2.05) is 116 Å². The fourth-order valence-electron chi connectivity index (χ4n) is 5.86. The Morgan fingerprint density at radius 1 is 0.863 bits per heavy atom. The Labute approximate surface area is 305 Å². The predicted octanol–water partition coefficient (Wildman–Crippen LogP) is 6.81. The molecule has 0 saturated heterocycles. The highest BCUT2D eigenvalue weighted by atomic mass is 32.1. The van der Waals surface area contributed by atoms with Crippen molar-refractivity contribution in [2.75, 3.05) is 44.5 Å². The van der Waals surface area contributed by atoms with E-state index in [9.17, 15) is 14.7 Å². The van der Waals surface area contributed by atoms with Crippen molar-refractivity contribution in [3.05, 3.63) is 130 Å². The van der Waals surface area contributed by atoms with Gasteiger partial charge in [-0.3, -0.25) is 14.6 Å². The van der Waals surface area contributed by atoms with Crippen molar-refractivity contribution in [1.82, 2.24) is 20.2 Å². The van der Waals surface area contributed by atoms with Gasteiger partial charge in [0.1, 0.15) is 5.01 Å². The zero-order chi connectivity index (χ0) is 36.7. The number of aliphatic hydroxyl groups excluding tert-OH is 1. The number of rotatable bonds is 14. The molecule has 0 saturated carbocycles. The van der Waals surface area contributed by atoms with Gasteiger partial charge in [0.05, 0.1) is 30.6 Å². The Morgan fingerprint density at radius 2 is 1.57 bits per heavy atom. The van der Waals surface area contributed by atoms with Gasteiger partial charge >= 0.3 is 0 Å². The fourth-order valence-corrected chi connectivity index (χ4v) is 6.68. The molecule has 2 aromatic heterocycles. The number of anilines is 2. The van der Waals surface area contributed by atoms with Crippen LogP contribution in [0.3, 0.4) is 0 Å². The molecule has 10 heteroatoms. The summed E-state index contributed by atoms with van der Waals surface area (Å²) < 4.78 is 0. The molecule has 0 bridgehead atoms. The maximum atomic E-state index is 14.2. The Kier molecular flexibility index (Phi) is 12.2. The molecule has 2 atom stereocenters. The molecule has 5 aromatic rings. The first-order valence-electron chi connectivity index (χ1n) is 17.2. The van der Waals surface area contributed by atoms with Crippen LogP contribution in [0.5, 0.6) is 0 Å². The van der Waals surface area contributed by atoms with Crippen LogP contribution in [0.15, 0.2) is 96.6 Å². The van der Waals surface area contributed by atoms with Gasteiger partial charge in [-0.2, -0.15) is 0 Å². The summed E-state index contributed by atoms with van der Waals surface area (Å²) in [6.45, 7) is 6.79. The summed E-state index contributed by atoms with van der Waals surface area (Å²) in [4.78, 5) is 42.6. The minimum atomic E-state index is -0.919. The lowest BCUT2D eigenvalue weighted by atomic mass is 9.97. The minimum Gasteiger partial charge on any atom is -0.389 e. The monoisotopic (exact) mass is 704 g/mol. The predicted molar refractivity (Wildman–Crippen MR) is 208 cm³/mol. The number of nitrogens with zero attached hydrogens (tertiary/aromatic N) is 5. The SMILES string of the molecule is Cc1csc(CN(C)C(=O)c2cc(C(=O)N[C@@H](Cc3ccccc3)[C@H](O)CN(C)c3cncc(C(C)C)c3)cc(-c3ccc(N(C)C)cc3)c2)n1. The topological polar surface area (TPSA) is 102 Å². The summed E-state index contributed by atoms with van der Waals surface area (Å²) in [7, 11) is 7.62. The van der Waals surface area contributed by atoms with Gasteiger partial charge in [-0.25, -0.2) is 4.98 Å². The third-order valence-corrected chi connectivity index (χ3v) is 9.89. The number of benzene rings is 3. The largest absolute Gasteiger partial charge is 0.389 e. The standard InChI is InChI=1S/C41H48N6O3S/c1-27(2)34-21-36(23-42-22-34)46(6)24-38(48)37(17-29-11-9-8-10-12-29)44-40(49)32-18-31(30-13-15-35(16-14-30)45(4)5)19-33(20-32)41(50)47(7)25-39-43-28(3)26-51-39/h8-16,18-23,26-27,37-38,48H,17,24-25H2,1-7H3,(H,44,49)/t37-,38+/m0/s1. The van der Waals surface area contributed by atoms with Gasteiger partial charge in [-0.05, 0) is 77.9 Å². The molecule has 2 N–H and O–H groups in total. The second kappa shape index (κ2) is 16.8. The van der Waals surface area contributed by atoms with Crippen molar-refractivity contribution < 1.29 is 14.7 Å². The van der Waals surface area contributed by atoms with Crippen LogP contribution in [0.2, 0.25) is 0 Å². The van der Waals surface area contributed by atoms with Gasteiger partial charge in [0.25, 0.3) is 11.8 Å². The zero-order valence-electron chi connectivity index (χ0n) is 30.5. The van der Waals surface area contributed by atoms with E-state index >= 15 is 0 Å². The third-order valence-electron chi connectivity index (χ3n) is 8.94. The molecule has 0 aliphatic rings. The summed E-state index contributed by atoms with van der Waals surface area (Å²) in [5, 5.41) is 17.6. The highest BCUT2D eigenvalue weighted by Gasteiger charge is 2.26. The van der Waals surface area contributed by atoms with Crippen molar-refractivity contribution in [2.24, 2.45) is 0 Å². The number of carbonyl (C=O) groups excluding carboxylic acids is 2. The summed E-state index contributed by atoms with van der Waals surface area (Å²) in [6.07, 6.45) is 3.14. The average Bonchev–Trinajstić information content (AvgIpc) is 3.54. The molecule has 2 heterocycles. The first-order chi connectivity index (χ1) is 24.4. The van der Waals surface area contributed by atoms with E-state index in [-0.39, 0.29) is 18.4 Å². The number of aliphatic hydroxyl groups is 1. The van der Waals surface area contributed by atoms with Crippen molar-refractivity contribution in [2.45, 2.75) is 51.8 Å². The lowest BCUT2D eigenvalue weighted by molar-refractivity contribution is 0.0785. The number of amides is 2. The van der Waals surface area contributed by atoms with Crippen molar-refractivity contribution in [3.63, 3.8) is 0 Å². The molecular weight excluding hydrogens is 657 g/mol. The van der Waals surface area contributed by atoms with Crippen LogP contribution < -0.4 is 15.1 Å². The van der Waals surface area contributed by atoms with Crippen LogP contribution in [-0.2, 0) is 13.0 Å². The maximum absolute atomic E-state index is 14.2. The van der Waals surface area contributed by atoms with E-state index in [0.717, 1.165) is 44.3 Å². The number of nitrogens with one attached hydrogen (secondary N) is 1. The maximum Gasteiger partial charge on any atom is 0.254 e. The summed E-state index contributed by atoms with van der Waals surface area (Å²) in [5.41, 5.74) is 7.28. The number of likely N-dealkylation sites (N-methyl/N-ethyl adjacent to an activating group) is 1. The number of pyridine rings is 1. The van der Waals surface area contributed by atoms with Crippen LogP contribution in [0.4, 0.5) is 11.4 Å². The Bertz CT molecular complexity index is 1930. The van der Waals surface area contributed by atoms with Gasteiger partial charge in [0.2, 0.25) is 0 Å². The van der Waals surface area contributed by atoms with Crippen LogP contribution >= 0.6 is 11.3 Å². The van der Waals surface area contributed by atoms with Gasteiger partial charge < -0.3 is 25.1 Å². The molecule has 2 amide bonds. The Morgan fingerprint density at radius 3 is 2.22 bits per heavy atom. The molecule has 51 heavy (non-hydrogen) atoms. The minimum absolute atomic E-state index is 0.219. The van der Waals surface area contributed by atoms with Crippen LogP contribution in [0, 0.1) is 6.92 Å². The van der Waals surface area contributed by atoms with Crippen molar-refractivity contribution >= 4 is 34.5 Å². The van der Waals surface area contributed by atoms with E-state index in [2.05, 4.69) is 35.2 Å². The van der Waals surface area contributed by atoms with Gasteiger partial charge in [-0.1, -0.05) is 56.3 Å². The molecule has 5 rings (SSSR count). The second-order valence-electron chi connectivity index (χ2n) is 13.6. The highest BCUT2D eigenvalue weighted by Crippen LogP contribution is 2.27. The smallest absolute Gasteiger partial charge is 0.254 e. The zero-order valence-corrected chi connectivity index (χ0v) is 31.3. The molecule has 0 fully saturated rings. The number of hydrogen-bond acceptors (Lipinski definition) is 8. The lowest BCUT2D eigenvalue weighted by Crippen LogP contribution is -2.49. The molecule has 0 spiro atoms. The third kappa shape index (κ3) is 9.80. The number of hydrogen-bond donors (Lipinski definition) is 2. The van der Waals surface area contributed by atoms with E-state index in [4.69, 9.17) is 0 Å². The number of aryl methyl sites for hydroxylation is 1. The molecule has 0 radical (unpaired) electrons. The summed E-state index contributed by atoms with van der Waals surface area (Å²) in [5.74, 6) is -0.279. The van der Waals surface area contributed by atoms with Crippen molar-refractivity contribution in [1.29, 1.82) is 0 Å². The number of aromatic nitrogens is 2. The van der Waals surface area contributed by atoms with Crippen LogP contribution in [0.25, 0.3) is 11.1 Å². The van der Waals surface area contributed by atoms with Crippen molar-refractivity contribution in [3.8, 4) is 11.1 Å². The first kappa shape index (κ1) is 37.2. The molecular formula is C41H48N6O3S. The summed E-state index contributed by atoms with van der Waals surface area (Å²) >= 11 is 1.51. The molecule has 0 aliphatic heterocycles. The average molecular weight is 705 g/mol. The lowest BCUT2D eigenvalue weighted by Gasteiger charge is -2.29. The van der Waals surface area contributed by atoms with Crippen LogP contribution in [-0.4, -0.2) is 78.7 Å². The molecule has 266 valence electrons. The fraction of sp³-hybridized carbons (Fsp3) is 0.317. The highest BCUT2D eigenvalue weighted by molar-refractivity contribution is 7.09. The first-order valence-corrected chi connectivity index (χ1v) is 18.0.